The molecule has 2 fully saturated rings. The SMILES string of the molecule is CN(CC1CCC(C(=O)O)O1)CC1(N(C)C)CCC1. The summed E-state index contributed by atoms with van der Waals surface area (Å²) in [5.41, 5.74) is 0.319. The van der Waals surface area contributed by atoms with Gasteiger partial charge in [0.1, 0.15) is 0 Å². The smallest absolute Gasteiger partial charge is 0.332 e. The lowest BCUT2D eigenvalue weighted by atomic mass is 9.75. The van der Waals surface area contributed by atoms with Crippen molar-refractivity contribution < 1.29 is 14.6 Å². The third kappa shape index (κ3) is 3.27. The van der Waals surface area contributed by atoms with Crippen molar-refractivity contribution in [2.24, 2.45) is 0 Å². The van der Waals surface area contributed by atoms with Crippen LogP contribution in [0.3, 0.4) is 0 Å². The fourth-order valence-corrected chi connectivity index (χ4v) is 3.27. The highest BCUT2D eigenvalue weighted by molar-refractivity contribution is 5.72. The van der Waals surface area contributed by atoms with E-state index in [1.165, 1.54) is 19.3 Å². The Kier molecular flexibility index (Phi) is 4.48. The topological polar surface area (TPSA) is 53.0 Å². The first-order valence-electron chi connectivity index (χ1n) is 7.17. The Morgan fingerprint density at radius 2 is 2.00 bits per heavy atom. The Balaban J connectivity index is 1.79. The minimum Gasteiger partial charge on any atom is -0.479 e. The van der Waals surface area contributed by atoms with Gasteiger partial charge in [-0.3, -0.25) is 0 Å². The van der Waals surface area contributed by atoms with E-state index >= 15 is 0 Å². The van der Waals surface area contributed by atoms with E-state index in [0.717, 1.165) is 19.5 Å². The fourth-order valence-electron chi connectivity index (χ4n) is 3.27. The van der Waals surface area contributed by atoms with Crippen molar-refractivity contribution in [3.8, 4) is 0 Å². The molecule has 0 aromatic carbocycles. The Labute approximate surface area is 115 Å². The molecule has 2 atom stereocenters. The molecule has 2 aliphatic rings. The summed E-state index contributed by atoms with van der Waals surface area (Å²) >= 11 is 0. The number of carboxylic acids is 1. The molecule has 0 radical (unpaired) electrons. The van der Waals surface area contributed by atoms with Gasteiger partial charge in [0, 0.05) is 18.6 Å². The monoisotopic (exact) mass is 270 g/mol. The van der Waals surface area contributed by atoms with E-state index in [0.29, 0.717) is 12.0 Å². The van der Waals surface area contributed by atoms with Crippen molar-refractivity contribution >= 4 is 5.97 Å². The number of nitrogens with zero attached hydrogens (tertiary/aromatic N) is 2. The predicted octanol–water partition coefficient (Wildman–Crippen LogP) is 1.03. The minimum absolute atomic E-state index is 0.0744. The van der Waals surface area contributed by atoms with Gasteiger partial charge in [-0.05, 0) is 53.2 Å². The van der Waals surface area contributed by atoms with Gasteiger partial charge in [-0.2, -0.15) is 0 Å². The molecule has 0 aromatic rings. The fraction of sp³-hybridized carbons (Fsp3) is 0.929. The molecule has 19 heavy (non-hydrogen) atoms. The third-order valence-electron chi connectivity index (χ3n) is 4.70. The molecule has 5 heteroatoms. The molecule has 2 rings (SSSR count). The Bertz CT molecular complexity index is 329. The molecule has 1 aliphatic carbocycles. The van der Waals surface area contributed by atoms with Gasteiger partial charge in [-0.25, -0.2) is 4.79 Å². The first kappa shape index (κ1) is 14.8. The molecular formula is C14H26N2O3. The van der Waals surface area contributed by atoms with E-state index in [4.69, 9.17) is 9.84 Å². The molecular weight excluding hydrogens is 244 g/mol. The quantitative estimate of drug-likeness (QED) is 0.781. The zero-order valence-electron chi connectivity index (χ0n) is 12.3. The molecule has 1 heterocycles. The number of hydrogen-bond donors (Lipinski definition) is 1. The van der Waals surface area contributed by atoms with Crippen LogP contribution in [0.25, 0.3) is 0 Å². The minimum atomic E-state index is -0.825. The Morgan fingerprint density at radius 3 is 2.42 bits per heavy atom. The maximum atomic E-state index is 10.9. The van der Waals surface area contributed by atoms with Gasteiger partial charge in [0.05, 0.1) is 6.10 Å². The number of rotatable bonds is 6. The largest absolute Gasteiger partial charge is 0.479 e. The number of hydrogen-bond acceptors (Lipinski definition) is 4. The molecule has 1 N–H and O–H groups in total. The summed E-state index contributed by atoms with van der Waals surface area (Å²) in [5, 5.41) is 8.93. The highest BCUT2D eigenvalue weighted by atomic mass is 16.5. The van der Waals surface area contributed by atoms with Crippen molar-refractivity contribution in [3.63, 3.8) is 0 Å². The van der Waals surface area contributed by atoms with Crippen LogP contribution < -0.4 is 0 Å². The van der Waals surface area contributed by atoms with Gasteiger partial charge in [0.2, 0.25) is 0 Å². The van der Waals surface area contributed by atoms with Crippen molar-refractivity contribution in [3.05, 3.63) is 0 Å². The molecule has 0 aromatic heterocycles. The molecule has 110 valence electrons. The average molecular weight is 270 g/mol. The van der Waals surface area contributed by atoms with Crippen molar-refractivity contribution in [2.75, 3.05) is 34.2 Å². The Hall–Kier alpha value is -0.650. The number of carbonyl (C=O) groups is 1. The number of ether oxygens (including phenoxy) is 1. The van der Waals surface area contributed by atoms with Crippen LogP contribution in [0.1, 0.15) is 32.1 Å². The molecule has 5 nitrogen and oxygen atoms in total. The van der Waals surface area contributed by atoms with Gasteiger partial charge in [0.25, 0.3) is 0 Å². The van der Waals surface area contributed by atoms with Crippen LogP contribution in [0.4, 0.5) is 0 Å². The zero-order chi connectivity index (χ0) is 14.0. The van der Waals surface area contributed by atoms with Crippen molar-refractivity contribution in [1.29, 1.82) is 0 Å². The van der Waals surface area contributed by atoms with Crippen molar-refractivity contribution in [1.82, 2.24) is 9.80 Å². The molecule has 1 aliphatic heterocycles. The normalized spacial score (nSPS) is 29.7. The molecule has 0 spiro atoms. The second-order valence-corrected chi connectivity index (χ2v) is 6.33. The van der Waals surface area contributed by atoms with Gasteiger partial charge in [-0.15, -0.1) is 0 Å². The lowest BCUT2D eigenvalue weighted by molar-refractivity contribution is -0.149. The standard InChI is InChI=1S/C14H26N2O3/c1-15(2)14(7-4-8-14)10-16(3)9-11-5-6-12(19-11)13(17)18/h11-12H,4-10H2,1-3H3,(H,17,18). The van der Waals surface area contributed by atoms with Crippen molar-refractivity contribution in [2.45, 2.75) is 49.9 Å². The van der Waals surface area contributed by atoms with Crippen LogP contribution >= 0.6 is 0 Å². The van der Waals surface area contributed by atoms with Crippen LogP contribution in [0.15, 0.2) is 0 Å². The predicted molar refractivity (Wildman–Crippen MR) is 73.3 cm³/mol. The molecule has 1 saturated carbocycles. The zero-order valence-corrected chi connectivity index (χ0v) is 12.3. The molecule has 1 saturated heterocycles. The lowest BCUT2D eigenvalue weighted by Crippen LogP contribution is -2.57. The summed E-state index contributed by atoms with van der Waals surface area (Å²) in [5.74, 6) is -0.825. The average Bonchev–Trinajstić information content (AvgIpc) is 2.71. The molecule has 0 bridgehead atoms. The van der Waals surface area contributed by atoms with Crippen LogP contribution in [0, 0.1) is 0 Å². The second-order valence-electron chi connectivity index (χ2n) is 6.33. The number of carboxylic acid groups (broad SMARTS) is 1. The highest BCUT2D eigenvalue weighted by Crippen LogP contribution is 2.36. The maximum Gasteiger partial charge on any atom is 0.332 e. The van der Waals surface area contributed by atoms with Gasteiger partial charge < -0.3 is 19.6 Å². The molecule has 2 unspecified atom stereocenters. The van der Waals surface area contributed by atoms with E-state index < -0.39 is 12.1 Å². The number of aliphatic carboxylic acids is 1. The van der Waals surface area contributed by atoms with Gasteiger partial charge >= 0.3 is 5.97 Å². The van der Waals surface area contributed by atoms with E-state index in [9.17, 15) is 4.79 Å². The van der Waals surface area contributed by atoms with Crippen LogP contribution in [0.5, 0.6) is 0 Å². The van der Waals surface area contributed by atoms with E-state index in [-0.39, 0.29) is 6.10 Å². The number of likely N-dealkylation sites (N-methyl/N-ethyl adjacent to an activating group) is 2. The summed E-state index contributed by atoms with van der Waals surface area (Å²) in [7, 11) is 6.42. The van der Waals surface area contributed by atoms with E-state index in [1.807, 2.05) is 0 Å². The van der Waals surface area contributed by atoms with E-state index in [2.05, 4.69) is 30.9 Å². The second kappa shape index (κ2) is 5.77. The van der Waals surface area contributed by atoms with Crippen LogP contribution in [-0.2, 0) is 9.53 Å². The first-order chi connectivity index (χ1) is 8.93. The lowest BCUT2D eigenvalue weighted by Gasteiger charge is -2.49. The van der Waals surface area contributed by atoms with Gasteiger partial charge in [0.15, 0.2) is 6.10 Å². The molecule has 0 amide bonds. The summed E-state index contributed by atoms with van der Waals surface area (Å²) in [4.78, 5) is 15.5. The first-order valence-corrected chi connectivity index (χ1v) is 7.17. The summed E-state index contributed by atoms with van der Waals surface area (Å²) in [6, 6.07) is 0. The highest BCUT2D eigenvalue weighted by Gasteiger charge is 2.40. The summed E-state index contributed by atoms with van der Waals surface area (Å²) < 4.78 is 5.57. The summed E-state index contributed by atoms with van der Waals surface area (Å²) in [6.45, 7) is 1.87. The van der Waals surface area contributed by atoms with Crippen LogP contribution in [0.2, 0.25) is 0 Å². The van der Waals surface area contributed by atoms with Gasteiger partial charge in [-0.1, -0.05) is 0 Å². The van der Waals surface area contributed by atoms with E-state index in [1.54, 1.807) is 0 Å². The third-order valence-corrected chi connectivity index (χ3v) is 4.70. The summed E-state index contributed by atoms with van der Waals surface area (Å²) in [6.07, 6.45) is 4.81. The van der Waals surface area contributed by atoms with Crippen LogP contribution in [-0.4, -0.2) is 72.9 Å². The maximum absolute atomic E-state index is 10.9. The Morgan fingerprint density at radius 1 is 1.32 bits per heavy atom.